The summed E-state index contributed by atoms with van der Waals surface area (Å²) in [7, 11) is 0. The number of rotatable bonds is 2. The van der Waals surface area contributed by atoms with Crippen LogP contribution in [0.2, 0.25) is 0 Å². The molecule has 4 rings (SSSR count). The Bertz CT molecular complexity index is 1110. The predicted molar refractivity (Wildman–Crippen MR) is 92.9 cm³/mol. The van der Waals surface area contributed by atoms with E-state index in [2.05, 4.69) is 10.3 Å². The molecular weight excluding hydrogens is 371 g/mol. The number of nitrogens with zero attached hydrogens (tertiary/aromatic N) is 5. The van der Waals surface area contributed by atoms with E-state index in [1.165, 1.54) is 29.3 Å². The van der Waals surface area contributed by atoms with E-state index in [9.17, 15) is 18.0 Å². The molecule has 0 unspecified atom stereocenters. The van der Waals surface area contributed by atoms with Crippen LogP contribution in [0.25, 0.3) is 5.69 Å². The van der Waals surface area contributed by atoms with Gasteiger partial charge in [-0.1, -0.05) is 23.4 Å². The summed E-state index contributed by atoms with van der Waals surface area (Å²) in [5, 5.41) is 16.5. The molecule has 0 saturated heterocycles. The molecule has 0 aliphatic carbocycles. The number of carbonyl (C=O) groups excluding carboxylic acids is 1. The Kier molecular flexibility index (Phi) is 4.11. The Morgan fingerprint density at radius 3 is 2.68 bits per heavy atom. The second-order valence-electron chi connectivity index (χ2n) is 6.23. The SMILES string of the molecule is N#Cc1ccc2c(c1)N(C(=O)c1cn(-c3ccccc3C(F)(F)F)nn1)CC2. The van der Waals surface area contributed by atoms with Crippen molar-refractivity contribution in [2.45, 2.75) is 12.6 Å². The third kappa shape index (κ3) is 2.99. The van der Waals surface area contributed by atoms with Crippen LogP contribution in [-0.4, -0.2) is 27.4 Å². The highest BCUT2D eigenvalue weighted by Gasteiger charge is 2.34. The van der Waals surface area contributed by atoms with Gasteiger partial charge in [0.15, 0.2) is 5.69 Å². The van der Waals surface area contributed by atoms with Crippen molar-refractivity contribution in [2.75, 3.05) is 11.4 Å². The van der Waals surface area contributed by atoms with Crippen LogP contribution in [0.1, 0.15) is 27.2 Å². The smallest absolute Gasteiger partial charge is 0.306 e. The van der Waals surface area contributed by atoms with Crippen molar-refractivity contribution >= 4 is 11.6 Å². The average Bonchev–Trinajstić information content (AvgIpc) is 3.33. The first-order chi connectivity index (χ1) is 13.4. The van der Waals surface area contributed by atoms with Crippen LogP contribution in [0.3, 0.4) is 0 Å². The molecule has 0 spiro atoms. The maximum absolute atomic E-state index is 13.2. The van der Waals surface area contributed by atoms with E-state index in [1.807, 2.05) is 6.07 Å². The molecule has 1 aliphatic heterocycles. The first kappa shape index (κ1) is 17.7. The largest absolute Gasteiger partial charge is 0.418 e. The van der Waals surface area contributed by atoms with Crippen LogP contribution in [0.4, 0.5) is 18.9 Å². The summed E-state index contributed by atoms with van der Waals surface area (Å²) < 4.78 is 40.6. The molecule has 0 radical (unpaired) electrons. The van der Waals surface area contributed by atoms with Crippen molar-refractivity contribution < 1.29 is 18.0 Å². The lowest BCUT2D eigenvalue weighted by molar-refractivity contribution is -0.137. The van der Waals surface area contributed by atoms with Crippen LogP contribution >= 0.6 is 0 Å². The monoisotopic (exact) mass is 383 g/mol. The summed E-state index contributed by atoms with van der Waals surface area (Å²) in [4.78, 5) is 14.3. The fraction of sp³-hybridized carbons (Fsp3) is 0.158. The van der Waals surface area contributed by atoms with Crippen molar-refractivity contribution in [3.63, 3.8) is 0 Å². The van der Waals surface area contributed by atoms with Gasteiger partial charge < -0.3 is 4.90 Å². The number of halogens is 3. The van der Waals surface area contributed by atoms with E-state index in [0.29, 0.717) is 24.2 Å². The minimum absolute atomic E-state index is 0.0767. The molecule has 0 N–H and O–H groups in total. The van der Waals surface area contributed by atoms with Gasteiger partial charge in [-0.2, -0.15) is 18.4 Å². The predicted octanol–water partition coefficient (Wildman–Crippen LogP) is 3.36. The van der Waals surface area contributed by atoms with Gasteiger partial charge >= 0.3 is 6.18 Å². The Morgan fingerprint density at radius 2 is 1.93 bits per heavy atom. The van der Waals surface area contributed by atoms with Crippen LogP contribution in [-0.2, 0) is 12.6 Å². The number of hydrogen-bond acceptors (Lipinski definition) is 4. The number of carbonyl (C=O) groups is 1. The molecule has 1 aliphatic rings. The molecule has 140 valence electrons. The van der Waals surface area contributed by atoms with E-state index in [4.69, 9.17) is 5.26 Å². The molecule has 0 fully saturated rings. The molecule has 0 bridgehead atoms. The number of nitriles is 1. The third-order valence-electron chi connectivity index (χ3n) is 4.52. The Hall–Kier alpha value is -3.67. The molecule has 0 saturated carbocycles. The summed E-state index contributed by atoms with van der Waals surface area (Å²) in [5.74, 6) is -0.482. The lowest BCUT2D eigenvalue weighted by atomic mass is 10.1. The molecule has 2 heterocycles. The number of alkyl halides is 3. The zero-order valence-electron chi connectivity index (χ0n) is 14.3. The van der Waals surface area contributed by atoms with Crippen LogP contribution in [0.5, 0.6) is 0 Å². The maximum Gasteiger partial charge on any atom is 0.418 e. The summed E-state index contributed by atoms with van der Waals surface area (Å²) in [6, 6.07) is 12.0. The number of aromatic nitrogens is 3. The summed E-state index contributed by atoms with van der Waals surface area (Å²) >= 11 is 0. The van der Waals surface area contributed by atoms with Gasteiger partial charge in [0.1, 0.15) is 0 Å². The lowest BCUT2D eigenvalue weighted by Crippen LogP contribution is -2.29. The van der Waals surface area contributed by atoms with Gasteiger partial charge in [-0.15, -0.1) is 5.10 Å². The number of amides is 1. The maximum atomic E-state index is 13.2. The molecule has 1 amide bonds. The summed E-state index contributed by atoms with van der Waals surface area (Å²) in [6.45, 7) is 0.398. The summed E-state index contributed by atoms with van der Waals surface area (Å²) in [5.41, 5.74) is 0.782. The highest BCUT2D eigenvalue weighted by atomic mass is 19.4. The zero-order chi connectivity index (χ0) is 19.9. The van der Waals surface area contributed by atoms with Gasteiger partial charge in [-0.3, -0.25) is 4.79 Å². The molecule has 3 aromatic rings. The third-order valence-corrected chi connectivity index (χ3v) is 4.52. The van der Waals surface area contributed by atoms with Gasteiger partial charge in [0.25, 0.3) is 5.91 Å². The number of hydrogen-bond donors (Lipinski definition) is 0. The van der Waals surface area contributed by atoms with E-state index >= 15 is 0 Å². The summed E-state index contributed by atoms with van der Waals surface area (Å²) in [6.07, 6.45) is -2.76. The van der Waals surface area contributed by atoms with Crippen LogP contribution < -0.4 is 4.90 Å². The van der Waals surface area contributed by atoms with Gasteiger partial charge in [-0.05, 0) is 36.2 Å². The Labute approximate surface area is 157 Å². The minimum atomic E-state index is -4.56. The molecule has 1 aromatic heterocycles. The van der Waals surface area contributed by atoms with E-state index < -0.39 is 17.6 Å². The van der Waals surface area contributed by atoms with Gasteiger partial charge in [-0.25, -0.2) is 4.68 Å². The molecule has 9 heteroatoms. The minimum Gasteiger partial charge on any atom is -0.306 e. The van der Waals surface area contributed by atoms with E-state index in [0.717, 1.165) is 16.3 Å². The fourth-order valence-corrected chi connectivity index (χ4v) is 3.19. The fourth-order valence-electron chi connectivity index (χ4n) is 3.19. The molecule has 0 atom stereocenters. The molecule has 6 nitrogen and oxygen atoms in total. The van der Waals surface area contributed by atoms with Crippen molar-refractivity contribution in [3.8, 4) is 11.8 Å². The highest BCUT2D eigenvalue weighted by Crippen LogP contribution is 2.34. The number of benzene rings is 2. The van der Waals surface area contributed by atoms with Crippen LogP contribution in [0.15, 0.2) is 48.7 Å². The first-order valence-corrected chi connectivity index (χ1v) is 8.32. The lowest BCUT2D eigenvalue weighted by Gasteiger charge is -2.15. The van der Waals surface area contributed by atoms with Gasteiger partial charge in [0, 0.05) is 12.2 Å². The quantitative estimate of drug-likeness (QED) is 0.680. The number of para-hydroxylation sites is 1. The van der Waals surface area contributed by atoms with Gasteiger partial charge in [0.05, 0.1) is 29.1 Å². The van der Waals surface area contributed by atoms with Crippen molar-refractivity contribution in [3.05, 3.63) is 71.0 Å². The van der Waals surface area contributed by atoms with Crippen molar-refractivity contribution in [1.29, 1.82) is 5.26 Å². The Morgan fingerprint density at radius 1 is 1.14 bits per heavy atom. The molecular formula is C19H12F3N5O. The number of anilines is 1. The topological polar surface area (TPSA) is 74.8 Å². The number of fused-ring (bicyclic) bond motifs is 1. The van der Waals surface area contributed by atoms with Crippen molar-refractivity contribution in [1.82, 2.24) is 15.0 Å². The van der Waals surface area contributed by atoms with Gasteiger partial charge in [0.2, 0.25) is 0 Å². The van der Waals surface area contributed by atoms with E-state index in [-0.39, 0.29) is 11.4 Å². The standard InChI is InChI=1S/C19H12F3N5O/c20-19(21,22)14-3-1-2-4-16(14)27-11-15(24-25-27)18(28)26-8-7-13-6-5-12(10-23)9-17(13)26/h1-6,9,11H,7-8H2. The average molecular weight is 383 g/mol. The second kappa shape index (κ2) is 6.49. The Balaban J connectivity index is 1.68. The van der Waals surface area contributed by atoms with Crippen LogP contribution in [0, 0.1) is 11.3 Å². The second-order valence-corrected chi connectivity index (χ2v) is 6.23. The van der Waals surface area contributed by atoms with E-state index in [1.54, 1.807) is 18.2 Å². The first-order valence-electron chi connectivity index (χ1n) is 8.32. The molecule has 2 aromatic carbocycles. The normalized spacial score (nSPS) is 13.3. The zero-order valence-corrected chi connectivity index (χ0v) is 14.3. The van der Waals surface area contributed by atoms with Crippen molar-refractivity contribution in [2.24, 2.45) is 0 Å². The highest BCUT2D eigenvalue weighted by molar-refractivity contribution is 6.06. The molecule has 28 heavy (non-hydrogen) atoms.